The van der Waals surface area contributed by atoms with E-state index in [1.54, 1.807) is 6.07 Å². The molecule has 0 unspecified atom stereocenters. The van der Waals surface area contributed by atoms with Crippen LogP contribution in [0.4, 0.5) is 5.69 Å². The molecule has 1 amide bonds. The molecular formula is C8H9N3O. The summed E-state index contributed by atoms with van der Waals surface area (Å²) >= 11 is 0. The van der Waals surface area contributed by atoms with Crippen molar-refractivity contribution < 1.29 is 4.79 Å². The predicted octanol–water partition coefficient (Wildman–Crippen LogP) is 0.349. The first-order chi connectivity index (χ1) is 5.84. The molecule has 0 aliphatic carbocycles. The number of hydrogen-bond acceptors (Lipinski definition) is 3. The van der Waals surface area contributed by atoms with Gasteiger partial charge in [0.05, 0.1) is 6.21 Å². The van der Waals surface area contributed by atoms with Crippen molar-refractivity contribution in [3.8, 4) is 0 Å². The summed E-state index contributed by atoms with van der Waals surface area (Å²) in [6.07, 6.45) is 1.99. The average molecular weight is 163 g/mol. The molecule has 0 radical (unpaired) electrons. The summed E-state index contributed by atoms with van der Waals surface area (Å²) in [5, 5.41) is 3.60. The van der Waals surface area contributed by atoms with Crippen LogP contribution in [0.25, 0.3) is 0 Å². The predicted molar refractivity (Wildman–Crippen MR) is 47.6 cm³/mol. The van der Waals surface area contributed by atoms with Gasteiger partial charge in [-0.1, -0.05) is 18.2 Å². The lowest BCUT2D eigenvalue weighted by molar-refractivity contribution is -0.109. The molecule has 0 bridgehead atoms. The maximum absolute atomic E-state index is 9.82. The lowest BCUT2D eigenvalue weighted by Crippen LogP contribution is -2.01. The van der Waals surface area contributed by atoms with Crippen LogP contribution in [0, 0.1) is 0 Å². The van der Waals surface area contributed by atoms with Gasteiger partial charge in [0.2, 0.25) is 6.41 Å². The van der Waals surface area contributed by atoms with Crippen molar-refractivity contribution in [3.05, 3.63) is 29.8 Å². The van der Waals surface area contributed by atoms with E-state index in [1.165, 1.54) is 6.21 Å². The molecule has 12 heavy (non-hydrogen) atoms. The maximum atomic E-state index is 9.82. The molecule has 0 heterocycles. The van der Waals surface area contributed by atoms with Gasteiger partial charge in [0, 0.05) is 11.3 Å². The van der Waals surface area contributed by atoms with E-state index in [1.807, 2.05) is 18.2 Å². The van der Waals surface area contributed by atoms with Crippen LogP contribution in [0.1, 0.15) is 5.56 Å². The maximum Gasteiger partial charge on any atom is 0.227 e. The Labute approximate surface area is 70.1 Å². The highest BCUT2D eigenvalue weighted by atomic mass is 16.1. The summed E-state index contributed by atoms with van der Waals surface area (Å²) in [6, 6.07) is 7.26. The van der Waals surface area contributed by atoms with Gasteiger partial charge in [-0.3, -0.25) is 4.79 Å². The SMILES string of the molecule is Nc1ccccc1/C=N/NC=O. The van der Waals surface area contributed by atoms with Crippen molar-refractivity contribution in [3.63, 3.8) is 0 Å². The van der Waals surface area contributed by atoms with Crippen LogP contribution in [0.2, 0.25) is 0 Å². The van der Waals surface area contributed by atoms with E-state index in [2.05, 4.69) is 10.5 Å². The van der Waals surface area contributed by atoms with Crippen LogP contribution in [-0.4, -0.2) is 12.6 Å². The van der Waals surface area contributed by atoms with E-state index in [4.69, 9.17) is 5.73 Å². The Hall–Kier alpha value is -1.84. The number of nitrogens with zero attached hydrogens (tertiary/aromatic N) is 1. The smallest absolute Gasteiger partial charge is 0.227 e. The van der Waals surface area contributed by atoms with Crippen molar-refractivity contribution in [2.45, 2.75) is 0 Å². The van der Waals surface area contributed by atoms with Crippen molar-refractivity contribution >= 4 is 18.3 Å². The number of nitrogen functional groups attached to an aromatic ring is 1. The highest BCUT2D eigenvalue weighted by molar-refractivity contribution is 5.86. The third-order valence-electron chi connectivity index (χ3n) is 1.33. The average Bonchev–Trinajstić information content (AvgIpc) is 2.09. The second-order valence-electron chi connectivity index (χ2n) is 2.13. The zero-order chi connectivity index (χ0) is 8.81. The molecular weight excluding hydrogens is 154 g/mol. The second-order valence-corrected chi connectivity index (χ2v) is 2.13. The molecule has 1 rings (SSSR count). The Bertz CT molecular complexity index is 296. The van der Waals surface area contributed by atoms with Crippen molar-refractivity contribution in [2.75, 3.05) is 5.73 Å². The first kappa shape index (κ1) is 8.26. The third kappa shape index (κ3) is 2.09. The molecule has 62 valence electrons. The number of nitrogens with two attached hydrogens (primary N) is 1. The molecule has 3 N–H and O–H groups in total. The fourth-order valence-corrected chi connectivity index (χ4v) is 0.766. The van der Waals surface area contributed by atoms with Crippen LogP contribution in [0.15, 0.2) is 29.4 Å². The van der Waals surface area contributed by atoms with E-state index in [0.717, 1.165) is 5.56 Å². The van der Waals surface area contributed by atoms with E-state index in [9.17, 15) is 4.79 Å². The monoisotopic (exact) mass is 163 g/mol. The number of anilines is 1. The molecule has 0 saturated carbocycles. The summed E-state index contributed by atoms with van der Waals surface area (Å²) in [5.74, 6) is 0. The Balaban J connectivity index is 2.74. The fraction of sp³-hybridized carbons (Fsp3) is 0. The van der Waals surface area contributed by atoms with Crippen LogP contribution in [-0.2, 0) is 4.79 Å². The van der Waals surface area contributed by atoms with E-state index < -0.39 is 0 Å². The standard InChI is InChI=1S/C8H9N3O/c9-8-4-2-1-3-7(8)5-10-11-6-12/h1-6H,9H2,(H,11,12)/b10-5+. The number of benzene rings is 1. The number of carbonyl (C=O) groups is 1. The van der Waals surface area contributed by atoms with Gasteiger partial charge in [-0.05, 0) is 6.07 Å². The Morgan fingerprint density at radius 2 is 2.17 bits per heavy atom. The zero-order valence-electron chi connectivity index (χ0n) is 6.40. The summed E-state index contributed by atoms with van der Waals surface area (Å²) in [6.45, 7) is 0. The molecule has 4 nitrogen and oxygen atoms in total. The minimum absolute atomic E-state index is 0.496. The summed E-state index contributed by atoms with van der Waals surface area (Å²) < 4.78 is 0. The lowest BCUT2D eigenvalue weighted by Gasteiger charge is -1.96. The summed E-state index contributed by atoms with van der Waals surface area (Å²) in [5.41, 5.74) is 9.17. The van der Waals surface area contributed by atoms with Gasteiger partial charge in [0.1, 0.15) is 0 Å². The third-order valence-corrected chi connectivity index (χ3v) is 1.33. The zero-order valence-corrected chi connectivity index (χ0v) is 6.40. The van der Waals surface area contributed by atoms with E-state index >= 15 is 0 Å². The molecule has 1 aromatic carbocycles. The Morgan fingerprint density at radius 1 is 1.42 bits per heavy atom. The largest absolute Gasteiger partial charge is 0.398 e. The van der Waals surface area contributed by atoms with Gasteiger partial charge < -0.3 is 5.73 Å². The number of hydrogen-bond donors (Lipinski definition) is 2. The normalized spacial score (nSPS) is 10.0. The Morgan fingerprint density at radius 3 is 2.83 bits per heavy atom. The highest BCUT2D eigenvalue weighted by Gasteiger charge is 1.90. The molecule has 0 aromatic heterocycles. The van der Waals surface area contributed by atoms with Crippen LogP contribution in [0.5, 0.6) is 0 Å². The molecule has 0 atom stereocenters. The molecule has 0 saturated heterocycles. The minimum atomic E-state index is 0.496. The van der Waals surface area contributed by atoms with Gasteiger partial charge in [-0.15, -0.1) is 0 Å². The van der Waals surface area contributed by atoms with Crippen LogP contribution in [0.3, 0.4) is 0 Å². The number of nitrogens with one attached hydrogen (secondary N) is 1. The van der Waals surface area contributed by atoms with Crippen molar-refractivity contribution in [1.82, 2.24) is 5.43 Å². The van der Waals surface area contributed by atoms with Gasteiger partial charge in [0.25, 0.3) is 0 Å². The molecule has 0 fully saturated rings. The number of rotatable bonds is 3. The van der Waals surface area contributed by atoms with Gasteiger partial charge >= 0.3 is 0 Å². The fourth-order valence-electron chi connectivity index (χ4n) is 0.766. The molecule has 1 aromatic rings. The molecule has 0 aliphatic rings. The van der Waals surface area contributed by atoms with Crippen molar-refractivity contribution in [2.24, 2.45) is 5.10 Å². The van der Waals surface area contributed by atoms with Crippen LogP contribution < -0.4 is 11.2 Å². The molecule has 0 spiro atoms. The molecule has 4 heteroatoms. The van der Waals surface area contributed by atoms with Gasteiger partial charge in [-0.2, -0.15) is 5.10 Å². The number of hydrazone groups is 1. The summed E-state index contributed by atoms with van der Waals surface area (Å²) in [7, 11) is 0. The van der Waals surface area contributed by atoms with Gasteiger partial charge in [0.15, 0.2) is 0 Å². The lowest BCUT2D eigenvalue weighted by atomic mass is 10.2. The van der Waals surface area contributed by atoms with Gasteiger partial charge in [-0.25, -0.2) is 5.43 Å². The number of para-hydroxylation sites is 1. The topological polar surface area (TPSA) is 67.5 Å². The van der Waals surface area contributed by atoms with Crippen LogP contribution >= 0.6 is 0 Å². The number of carbonyl (C=O) groups excluding carboxylic acids is 1. The highest BCUT2D eigenvalue weighted by Crippen LogP contribution is 2.06. The van der Waals surface area contributed by atoms with Crippen molar-refractivity contribution in [1.29, 1.82) is 0 Å². The second kappa shape index (κ2) is 4.12. The van der Waals surface area contributed by atoms with E-state index in [0.29, 0.717) is 12.1 Å². The van der Waals surface area contributed by atoms with E-state index in [-0.39, 0.29) is 0 Å². The minimum Gasteiger partial charge on any atom is -0.398 e. The quantitative estimate of drug-likeness (QED) is 0.292. The summed E-state index contributed by atoms with van der Waals surface area (Å²) in [4.78, 5) is 9.82. The first-order valence-corrected chi connectivity index (χ1v) is 3.41. The first-order valence-electron chi connectivity index (χ1n) is 3.41. The Kier molecular flexibility index (Phi) is 2.84. The number of amides is 1. The molecule has 0 aliphatic heterocycles.